The third kappa shape index (κ3) is 8.45. The second-order valence-electron chi connectivity index (χ2n) is 6.26. The fourth-order valence-electron chi connectivity index (χ4n) is 1.44. The second-order valence-corrected chi connectivity index (χ2v) is 9.18. The van der Waals surface area contributed by atoms with Gasteiger partial charge in [-0.3, -0.25) is 5.32 Å². The molecule has 0 bridgehead atoms. The molecule has 0 aliphatic rings. The first-order valence-corrected chi connectivity index (χ1v) is 8.81. The average molecular weight is 445 g/mol. The molecule has 0 saturated heterocycles. The third-order valence-corrected chi connectivity index (χ3v) is 3.53. The summed E-state index contributed by atoms with van der Waals surface area (Å²) in [4.78, 5) is 16.1. The van der Waals surface area contributed by atoms with Gasteiger partial charge in [0.2, 0.25) is 3.79 Å². The summed E-state index contributed by atoms with van der Waals surface area (Å²) in [6, 6.07) is 3.83. The predicted octanol–water partition coefficient (Wildman–Crippen LogP) is 5.49. The van der Waals surface area contributed by atoms with Crippen molar-refractivity contribution < 1.29 is 13.9 Å². The maximum absolute atomic E-state index is 13.3. The monoisotopic (exact) mass is 443 g/mol. The molecule has 5 nitrogen and oxygen atoms in total. The minimum absolute atomic E-state index is 0.0504. The van der Waals surface area contributed by atoms with Gasteiger partial charge in [-0.25, -0.2) is 14.2 Å². The van der Waals surface area contributed by atoms with Gasteiger partial charge in [-0.15, -0.1) is 0 Å². The average Bonchev–Trinajstić information content (AvgIpc) is 2.47. The molecule has 10 heteroatoms. The van der Waals surface area contributed by atoms with E-state index in [1.54, 1.807) is 0 Å². The number of nitrogens with one attached hydrogen (secondary N) is 1. The van der Waals surface area contributed by atoms with Crippen molar-refractivity contribution >= 4 is 64.0 Å². The number of ether oxygens (including phenoxy) is 1. The van der Waals surface area contributed by atoms with Crippen molar-refractivity contribution in [1.82, 2.24) is 5.32 Å². The number of allylic oxidation sites excluding steroid dienone is 1. The Hall–Kier alpha value is -1.21. The summed E-state index contributed by atoms with van der Waals surface area (Å²) in [7, 11) is 0. The van der Waals surface area contributed by atoms with Crippen LogP contribution >= 0.6 is 46.4 Å². The van der Waals surface area contributed by atoms with Gasteiger partial charge in [0.15, 0.2) is 0 Å². The summed E-state index contributed by atoms with van der Waals surface area (Å²) >= 11 is 22.3. The number of aliphatic imine (C=N–C) groups is 1. The van der Waals surface area contributed by atoms with Crippen molar-refractivity contribution in [3.8, 4) is 0 Å². The van der Waals surface area contributed by atoms with E-state index in [1.165, 1.54) is 18.2 Å². The Kier molecular flexibility index (Phi) is 8.02. The maximum atomic E-state index is 13.3. The van der Waals surface area contributed by atoms with Crippen LogP contribution in [0.5, 0.6) is 0 Å². The van der Waals surface area contributed by atoms with Gasteiger partial charge in [-0.2, -0.15) is 0 Å². The second kappa shape index (κ2) is 9.13. The number of hydrogen-bond donors (Lipinski definition) is 2. The van der Waals surface area contributed by atoms with E-state index < -0.39 is 22.3 Å². The molecular weight excluding hydrogens is 427 g/mol. The Morgan fingerprint density at radius 3 is 2.46 bits per heavy atom. The molecule has 3 N–H and O–H groups in total. The van der Waals surface area contributed by atoms with E-state index in [1.807, 2.05) is 20.8 Å². The zero-order valence-electron chi connectivity index (χ0n) is 14.2. The van der Waals surface area contributed by atoms with Crippen LogP contribution in [0.15, 0.2) is 35.0 Å². The van der Waals surface area contributed by atoms with Crippen molar-refractivity contribution in [2.45, 2.75) is 24.6 Å². The standard InChI is InChI=1S/C16H18Cl4FN3O2/c1-15(2,3)12(22)7-13(24-14(25)26-8-16(18,19)20)23-9-4-5-11(21)10(17)6-9/h4-7H,8,22H2,1-3H3,(H,23,24,25)/b12-7-. The van der Waals surface area contributed by atoms with E-state index in [0.717, 1.165) is 6.07 Å². The maximum Gasteiger partial charge on any atom is 0.412 e. The molecule has 1 aromatic carbocycles. The van der Waals surface area contributed by atoms with Gasteiger partial charge in [0.1, 0.15) is 18.3 Å². The molecule has 0 radical (unpaired) electrons. The highest BCUT2D eigenvalue weighted by Gasteiger charge is 2.23. The summed E-state index contributed by atoms with van der Waals surface area (Å²) in [6.07, 6.45) is 0.551. The minimum atomic E-state index is -1.75. The summed E-state index contributed by atoms with van der Waals surface area (Å²) in [6.45, 7) is 5.18. The number of nitrogens with two attached hydrogens (primary N) is 1. The first kappa shape index (κ1) is 22.8. The van der Waals surface area contributed by atoms with Gasteiger partial charge in [0.25, 0.3) is 0 Å². The number of amidine groups is 1. The molecule has 0 fully saturated rings. The molecular formula is C16H18Cl4FN3O2. The van der Waals surface area contributed by atoms with Crippen molar-refractivity contribution in [3.63, 3.8) is 0 Å². The van der Waals surface area contributed by atoms with E-state index in [0.29, 0.717) is 11.4 Å². The molecule has 1 rings (SSSR count). The predicted molar refractivity (Wildman–Crippen MR) is 105 cm³/mol. The lowest BCUT2D eigenvalue weighted by Crippen LogP contribution is -2.33. The highest BCUT2D eigenvalue weighted by Crippen LogP contribution is 2.26. The Bertz CT molecular complexity index is 725. The number of hydrogen-bond acceptors (Lipinski definition) is 4. The molecule has 0 saturated carbocycles. The summed E-state index contributed by atoms with van der Waals surface area (Å²) < 4.78 is 16.3. The fraction of sp³-hybridized carbons (Fsp3) is 0.375. The van der Waals surface area contributed by atoms with E-state index in [-0.39, 0.29) is 16.3 Å². The van der Waals surface area contributed by atoms with E-state index in [9.17, 15) is 9.18 Å². The quantitative estimate of drug-likeness (QED) is 0.367. The Morgan fingerprint density at radius 1 is 1.35 bits per heavy atom. The fourth-order valence-corrected chi connectivity index (χ4v) is 1.78. The molecule has 1 amide bonds. The number of benzene rings is 1. The van der Waals surface area contributed by atoms with Crippen LogP contribution in [0.1, 0.15) is 20.8 Å². The highest BCUT2D eigenvalue weighted by molar-refractivity contribution is 6.67. The molecule has 0 aliphatic carbocycles. The molecule has 0 atom stereocenters. The Balaban J connectivity index is 3.11. The van der Waals surface area contributed by atoms with E-state index in [2.05, 4.69) is 10.3 Å². The normalized spacial score (nSPS) is 13.5. The van der Waals surface area contributed by atoms with Gasteiger partial charge in [-0.05, 0) is 18.2 Å². The molecule has 0 spiro atoms. The summed E-state index contributed by atoms with van der Waals surface area (Å²) in [5.41, 5.74) is 6.37. The van der Waals surface area contributed by atoms with Gasteiger partial charge < -0.3 is 10.5 Å². The zero-order chi connectivity index (χ0) is 20.1. The van der Waals surface area contributed by atoms with E-state index >= 15 is 0 Å². The topological polar surface area (TPSA) is 76.7 Å². The lowest BCUT2D eigenvalue weighted by atomic mass is 9.92. The van der Waals surface area contributed by atoms with Crippen LogP contribution in [-0.2, 0) is 4.74 Å². The summed E-state index contributed by atoms with van der Waals surface area (Å²) in [5.74, 6) is -0.540. The van der Waals surface area contributed by atoms with Crippen LogP contribution in [0, 0.1) is 11.2 Å². The molecule has 1 aromatic rings. The van der Waals surface area contributed by atoms with Gasteiger partial charge in [0.05, 0.1) is 10.7 Å². The molecule has 26 heavy (non-hydrogen) atoms. The van der Waals surface area contributed by atoms with E-state index in [4.69, 9.17) is 56.9 Å². The molecule has 0 heterocycles. The van der Waals surface area contributed by atoms with Crippen molar-refractivity contribution in [2.24, 2.45) is 16.1 Å². The lowest BCUT2D eigenvalue weighted by Gasteiger charge is -2.19. The molecule has 0 aliphatic heterocycles. The number of rotatable bonds is 3. The third-order valence-electron chi connectivity index (χ3n) is 2.91. The van der Waals surface area contributed by atoms with Crippen LogP contribution in [0.25, 0.3) is 0 Å². The number of carbonyl (C=O) groups is 1. The first-order chi connectivity index (χ1) is 11.8. The first-order valence-electron chi connectivity index (χ1n) is 7.30. The SMILES string of the molecule is CC(C)(C)/C(N)=C/C(=Nc1ccc(F)c(Cl)c1)NC(=O)OCC(Cl)(Cl)Cl. The number of nitrogens with zero attached hydrogens (tertiary/aromatic N) is 1. The van der Waals surface area contributed by atoms with Crippen LogP contribution in [0.3, 0.4) is 0 Å². The highest BCUT2D eigenvalue weighted by atomic mass is 35.6. The van der Waals surface area contributed by atoms with Crippen molar-refractivity contribution in [1.29, 1.82) is 0 Å². The number of alkyl halides is 3. The molecule has 0 unspecified atom stereocenters. The molecule has 0 aromatic heterocycles. The van der Waals surface area contributed by atoms with Crippen LogP contribution in [0.2, 0.25) is 5.02 Å². The summed E-state index contributed by atoms with van der Waals surface area (Å²) in [5, 5.41) is 2.28. The minimum Gasteiger partial charge on any atom is -0.445 e. The Labute approximate surface area is 171 Å². The van der Waals surface area contributed by atoms with Gasteiger partial charge >= 0.3 is 6.09 Å². The number of halogens is 5. The lowest BCUT2D eigenvalue weighted by molar-refractivity contribution is 0.154. The largest absolute Gasteiger partial charge is 0.445 e. The number of carbonyl (C=O) groups excluding carboxylic acids is 1. The number of alkyl carbamates (subject to hydrolysis) is 1. The van der Waals surface area contributed by atoms with Crippen LogP contribution in [-0.4, -0.2) is 22.3 Å². The van der Waals surface area contributed by atoms with Gasteiger partial charge in [0, 0.05) is 17.2 Å². The van der Waals surface area contributed by atoms with Crippen LogP contribution < -0.4 is 11.1 Å². The smallest absolute Gasteiger partial charge is 0.412 e. The van der Waals surface area contributed by atoms with Gasteiger partial charge in [-0.1, -0.05) is 67.2 Å². The zero-order valence-corrected chi connectivity index (χ0v) is 17.3. The van der Waals surface area contributed by atoms with Crippen molar-refractivity contribution in [3.05, 3.63) is 40.8 Å². The number of amides is 1. The van der Waals surface area contributed by atoms with Crippen LogP contribution in [0.4, 0.5) is 14.9 Å². The Morgan fingerprint density at radius 2 is 1.96 bits per heavy atom. The van der Waals surface area contributed by atoms with Crippen molar-refractivity contribution in [2.75, 3.05) is 6.61 Å². The molecule has 144 valence electrons.